The summed E-state index contributed by atoms with van der Waals surface area (Å²) in [6, 6.07) is 10.1. The number of rotatable bonds is 6. The van der Waals surface area contributed by atoms with Crippen molar-refractivity contribution in [2.24, 2.45) is 5.92 Å². The molecule has 2 aromatic rings. The molecule has 25 heavy (non-hydrogen) atoms. The van der Waals surface area contributed by atoms with Gasteiger partial charge in [-0.2, -0.15) is 4.72 Å². The number of amides is 1. The maximum absolute atomic E-state index is 13.2. The molecule has 0 heterocycles. The van der Waals surface area contributed by atoms with E-state index in [-0.39, 0.29) is 21.5 Å². The Kier molecular flexibility index (Phi) is 6.16. The highest BCUT2D eigenvalue weighted by Gasteiger charge is 2.28. The number of sulfonamides is 1. The summed E-state index contributed by atoms with van der Waals surface area (Å²) in [5.41, 5.74) is 0.248. The second-order valence-corrected chi connectivity index (χ2v) is 7.95. The summed E-state index contributed by atoms with van der Waals surface area (Å²) >= 11 is 5.83. The fourth-order valence-corrected chi connectivity index (χ4v) is 3.79. The first-order chi connectivity index (χ1) is 11.7. The van der Waals surface area contributed by atoms with Crippen LogP contribution in [-0.4, -0.2) is 20.4 Å². The Labute approximate surface area is 151 Å². The van der Waals surface area contributed by atoms with E-state index in [2.05, 4.69) is 10.0 Å². The van der Waals surface area contributed by atoms with Gasteiger partial charge >= 0.3 is 0 Å². The number of anilines is 1. The van der Waals surface area contributed by atoms with E-state index >= 15 is 0 Å². The lowest BCUT2D eigenvalue weighted by atomic mass is 10.0. The lowest BCUT2D eigenvalue weighted by Gasteiger charge is -2.21. The molecule has 0 aliphatic rings. The Morgan fingerprint density at radius 1 is 1.12 bits per heavy atom. The van der Waals surface area contributed by atoms with Crippen molar-refractivity contribution in [2.45, 2.75) is 24.8 Å². The first kappa shape index (κ1) is 19.4. The van der Waals surface area contributed by atoms with E-state index < -0.39 is 27.8 Å². The van der Waals surface area contributed by atoms with Crippen molar-refractivity contribution in [1.29, 1.82) is 0 Å². The van der Waals surface area contributed by atoms with Crippen molar-refractivity contribution in [3.8, 4) is 0 Å². The van der Waals surface area contributed by atoms with E-state index in [0.717, 1.165) is 6.07 Å². The Bertz CT molecular complexity index is 872. The van der Waals surface area contributed by atoms with Gasteiger partial charge in [-0.25, -0.2) is 12.8 Å². The zero-order valence-electron chi connectivity index (χ0n) is 13.7. The van der Waals surface area contributed by atoms with Gasteiger partial charge in [-0.05, 0) is 42.3 Å². The molecule has 0 spiro atoms. The normalized spacial score (nSPS) is 12.8. The number of hydrogen-bond donors (Lipinski definition) is 2. The Morgan fingerprint density at radius 2 is 1.80 bits per heavy atom. The van der Waals surface area contributed by atoms with Gasteiger partial charge in [0, 0.05) is 10.7 Å². The zero-order chi connectivity index (χ0) is 18.6. The molecule has 2 rings (SSSR count). The SMILES string of the molecule is CC(C)[C@H](NS(=O)(=O)c1cccc(Cl)c1)C(=O)Nc1cccc(F)c1. The quantitative estimate of drug-likeness (QED) is 0.801. The fourth-order valence-electron chi connectivity index (χ4n) is 2.15. The predicted molar refractivity (Wildman–Crippen MR) is 95.4 cm³/mol. The minimum Gasteiger partial charge on any atom is -0.325 e. The maximum atomic E-state index is 13.2. The van der Waals surface area contributed by atoms with Crippen molar-refractivity contribution < 1.29 is 17.6 Å². The van der Waals surface area contributed by atoms with Crippen LogP contribution in [0.2, 0.25) is 5.02 Å². The summed E-state index contributed by atoms with van der Waals surface area (Å²) in [6.07, 6.45) is 0. The lowest BCUT2D eigenvalue weighted by molar-refractivity contribution is -0.118. The average Bonchev–Trinajstić information content (AvgIpc) is 2.52. The van der Waals surface area contributed by atoms with Crippen LogP contribution in [0, 0.1) is 11.7 Å². The third-order valence-electron chi connectivity index (χ3n) is 3.43. The van der Waals surface area contributed by atoms with Crippen LogP contribution >= 0.6 is 11.6 Å². The molecule has 8 heteroatoms. The topological polar surface area (TPSA) is 75.3 Å². The van der Waals surface area contributed by atoms with E-state index in [9.17, 15) is 17.6 Å². The largest absolute Gasteiger partial charge is 0.325 e. The highest BCUT2D eigenvalue weighted by molar-refractivity contribution is 7.89. The summed E-state index contributed by atoms with van der Waals surface area (Å²) in [5.74, 6) is -1.41. The van der Waals surface area contributed by atoms with Crippen LogP contribution in [0.4, 0.5) is 10.1 Å². The minimum absolute atomic E-state index is 0.0378. The molecule has 5 nitrogen and oxygen atoms in total. The number of hydrogen-bond acceptors (Lipinski definition) is 3. The van der Waals surface area contributed by atoms with Gasteiger partial charge in [-0.15, -0.1) is 0 Å². The standard InChI is InChI=1S/C17H18ClFN2O3S/c1-11(2)16(17(22)20-14-7-4-6-13(19)10-14)21-25(23,24)15-8-3-5-12(18)9-15/h3-11,16,21H,1-2H3,(H,20,22)/t16-/m0/s1. The smallest absolute Gasteiger partial charge is 0.242 e. The minimum atomic E-state index is -3.94. The van der Waals surface area contributed by atoms with Crippen molar-refractivity contribution in [2.75, 3.05) is 5.32 Å². The fraction of sp³-hybridized carbons (Fsp3) is 0.235. The second kappa shape index (κ2) is 7.95. The highest BCUT2D eigenvalue weighted by atomic mass is 35.5. The van der Waals surface area contributed by atoms with Crippen LogP contribution in [0.15, 0.2) is 53.4 Å². The Hall–Kier alpha value is -1.96. The molecule has 0 bridgehead atoms. The zero-order valence-corrected chi connectivity index (χ0v) is 15.2. The Morgan fingerprint density at radius 3 is 2.40 bits per heavy atom. The second-order valence-electron chi connectivity index (χ2n) is 5.80. The van der Waals surface area contributed by atoms with Gasteiger partial charge in [0.1, 0.15) is 11.9 Å². The van der Waals surface area contributed by atoms with Gasteiger partial charge in [0.2, 0.25) is 15.9 Å². The first-order valence-corrected chi connectivity index (χ1v) is 9.39. The van der Waals surface area contributed by atoms with Gasteiger partial charge < -0.3 is 5.32 Å². The molecule has 0 aromatic heterocycles. The summed E-state index contributed by atoms with van der Waals surface area (Å²) in [7, 11) is -3.94. The number of benzene rings is 2. The van der Waals surface area contributed by atoms with Crippen LogP contribution in [0.5, 0.6) is 0 Å². The molecule has 134 valence electrons. The highest BCUT2D eigenvalue weighted by Crippen LogP contribution is 2.18. The van der Waals surface area contributed by atoms with E-state index in [4.69, 9.17) is 11.6 Å². The lowest BCUT2D eigenvalue weighted by Crippen LogP contribution is -2.47. The Balaban J connectivity index is 2.21. The van der Waals surface area contributed by atoms with Gasteiger partial charge in [0.05, 0.1) is 4.90 Å². The number of nitrogens with one attached hydrogen (secondary N) is 2. The molecule has 0 saturated carbocycles. The average molecular weight is 385 g/mol. The summed E-state index contributed by atoms with van der Waals surface area (Å²) < 4.78 is 40.6. The molecule has 0 fully saturated rings. The van der Waals surface area contributed by atoms with Crippen molar-refractivity contribution in [3.05, 3.63) is 59.4 Å². The molecule has 0 radical (unpaired) electrons. The number of halogens is 2. The molecular weight excluding hydrogens is 367 g/mol. The molecule has 0 saturated heterocycles. The third kappa shape index (κ3) is 5.26. The monoisotopic (exact) mass is 384 g/mol. The van der Waals surface area contributed by atoms with Crippen molar-refractivity contribution in [1.82, 2.24) is 4.72 Å². The van der Waals surface area contributed by atoms with E-state index in [0.29, 0.717) is 0 Å². The van der Waals surface area contributed by atoms with Gasteiger partial charge in [-0.1, -0.05) is 37.6 Å². The summed E-state index contributed by atoms with van der Waals surface area (Å²) in [4.78, 5) is 12.4. The van der Waals surface area contributed by atoms with E-state index in [1.807, 2.05) is 0 Å². The maximum Gasteiger partial charge on any atom is 0.242 e. The summed E-state index contributed by atoms with van der Waals surface area (Å²) in [5, 5.41) is 2.79. The molecule has 1 atom stereocenters. The molecule has 1 amide bonds. The van der Waals surface area contributed by atoms with Gasteiger partial charge in [0.25, 0.3) is 0 Å². The van der Waals surface area contributed by atoms with E-state index in [1.54, 1.807) is 19.9 Å². The molecule has 2 N–H and O–H groups in total. The van der Waals surface area contributed by atoms with Crippen LogP contribution in [0.25, 0.3) is 0 Å². The number of carbonyl (C=O) groups is 1. The molecule has 2 aromatic carbocycles. The van der Waals surface area contributed by atoms with Gasteiger partial charge in [-0.3, -0.25) is 4.79 Å². The van der Waals surface area contributed by atoms with Crippen molar-refractivity contribution in [3.63, 3.8) is 0 Å². The van der Waals surface area contributed by atoms with Crippen LogP contribution in [-0.2, 0) is 14.8 Å². The first-order valence-electron chi connectivity index (χ1n) is 7.53. The van der Waals surface area contributed by atoms with Crippen LogP contribution in [0.1, 0.15) is 13.8 Å². The number of carbonyl (C=O) groups excluding carboxylic acids is 1. The molecular formula is C17H18ClFN2O3S. The van der Waals surface area contributed by atoms with E-state index in [1.165, 1.54) is 36.4 Å². The molecule has 0 aliphatic heterocycles. The molecule has 0 unspecified atom stereocenters. The van der Waals surface area contributed by atoms with Crippen molar-refractivity contribution >= 4 is 33.2 Å². The van der Waals surface area contributed by atoms with Crippen LogP contribution < -0.4 is 10.0 Å². The molecule has 0 aliphatic carbocycles. The summed E-state index contributed by atoms with van der Waals surface area (Å²) in [6.45, 7) is 3.41. The predicted octanol–water partition coefficient (Wildman–Crippen LogP) is 3.42. The van der Waals surface area contributed by atoms with Crippen LogP contribution in [0.3, 0.4) is 0 Å². The third-order valence-corrected chi connectivity index (χ3v) is 5.10. The van der Waals surface area contributed by atoms with Gasteiger partial charge in [0.15, 0.2) is 0 Å².